The van der Waals surface area contributed by atoms with E-state index in [0.29, 0.717) is 13.2 Å². The molecule has 5 rings (SSSR count). The highest BCUT2D eigenvalue weighted by molar-refractivity contribution is 9.10. The average molecular weight is 441 g/mol. The fourth-order valence-electron chi connectivity index (χ4n) is 4.28. The van der Waals surface area contributed by atoms with E-state index in [1.807, 2.05) is 23.2 Å². The Balaban J connectivity index is 1.71. The molecule has 2 aliphatic heterocycles. The van der Waals surface area contributed by atoms with Crippen molar-refractivity contribution in [3.63, 3.8) is 0 Å². The van der Waals surface area contributed by atoms with Gasteiger partial charge in [0.05, 0.1) is 23.9 Å². The molecule has 3 aromatic rings. The van der Waals surface area contributed by atoms with Crippen LogP contribution in [-0.2, 0) is 22.5 Å². The Morgan fingerprint density at radius 2 is 2.25 bits per heavy atom. The first-order chi connectivity index (χ1) is 13.6. The Labute approximate surface area is 171 Å². The molecule has 0 N–H and O–H groups in total. The van der Waals surface area contributed by atoms with Crippen molar-refractivity contribution in [2.45, 2.75) is 32.4 Å². The lowest BCUT2D eigenvalue weighted by molar-refractivity contribution is -0.129. The van der Waals surface area contributed by atoms with Crippen molar-refractivity contribution in [1.29, 1.82) is 0 Å². The van der Waals surface area contributed by atoms with Crippen molar-refractivity contribution in [3.8, 4) is 11.3 Å². The highest BCUT2D eigenvalue weighted by atomic mass is 79.9. The summed E-state index contributed by atoms with van der Waals surface area (Å²) in [6.45, 7) is 4.46. The van der Waals surface area contributed by atoms with Gasteiger partial charge in [0.25, 0.3) is 0 Å². The minimum Gasteiger partial charge on any atom is -0.379 e. The second kappa shape index (κ2) is 6.97. The molecule has 0 spiro atoms. The molecular weight excluding hydrogens is 420 g/mol. The fraction of sp³-hybridized carbons (Fsp3) is 0.381. The zero-order valence-electron chi connectivity index (χ0n) is 15.7. The standard InChI is InChI=1S/C21H21BrN4O2/c1-13(27)25-7-5-20-18(11-25)21(24-26(20)15-6-8-28-12-15)16-3-2-4-19-17(16)9-14(22)10-23-19/h2-4,9-10,15H,5-8,11-12H2,1H3. The van der Waals surface area contributed by atoms with Crippen LogP contribution in [0.2, 0.25) is 0 Å². The van der Waals surface area contributed by atoms with Gasteiger partial charge >= 0.3 is 0 Å². The SMILES string of the molecule is CC(=O)N1CCc2c(c(-c3cccc4ncc(Br)cc34)nn2C2CCOC2)C1. The van der Waals surface area contributed by atoms with Crippen molar-refractivity contribution in [2.75, 3.05) is 19.8 Å². The van der Waals surface area contributed by atoms with Crippen LogP contribution < -0.4 is 0 Å². The van der Waals surface area contributed by atoms with Crippen molar-refractivity contribution >= 4 is 32.7 Å². The van der Waals surface area contributed by atoms with Gasteiger partial charge in [-0.05, 0) is 34.5 Å². The van der Waals surface area contributed by atoms with Gasteiger partial charge in [0.2, 0.25) is 5.91 Å². The van der Waals surface area contributed by atoms with Gasteiger partial charge in [0.15, 0.2) is 0 Å². The maximum Gasteiger partial charge on any atom is 0.219 e. The van der Waals surface area contributed by atoms with Crippen molar-refractivity contribution < 1.29 is 9.53 Å². The van der Waals surface area contributed by atoms with Crippen LogP contribution >= 0.6 is 15.9 Å². The highest BCUT2D eigenvalue weighted by Crippen LogP contribution is 2.36. The number of carbonyl (C=O) groups is 1. The third-order valence-corrected chi connectivity index (χ3v) is 6.16. The lowest BCUT2D eigenvalue weighted by Gasteiger charge is -2.27. The van der Waals surface area contributed by atoms with Gasteiger partial charge in [-0.3, -0.25) is 14.5 Å². The van der Waals surface area contributed by atoms with Crippen LogP contribution in [0, 0.1) is 0 Å². The van der Waals surface area contributed by atoms with Gasteiger partial charge in [0, 0.05) is 65.9 Å². The molecule has 1 fully saturated rings. The minimum absolute atomic E-state index is 0.107. The van der Waals surface area contributed by atoms with E-state index in [1.54, 1.807) is 6.92 Å². The Morgan fingerprint density at radius 1 is 1.36 bits per heavy atom. The zero-order chi connectivity index (χ0) is 19.3. The number of amides is 1. The molecule has 1 atom stereocenters. The van der Waals surface area contributed by atoms with Gasteiger partial charge in [-0.1, -0.05) is 12.1 Å². The Kier molecular flexibility index (Phi) is 4.44. The van der Waals surface area contributed by atoms with Crippen LogP contribution in [0.15, 0.2) is 34.9 Å². The van der Waals surface area contributed by atoms with E-state index >= 15 is 0 Å². The van der Waals surface area contributed by atoms with Gasteiger partial charge in [-0.15, -0.1) is 0 Å². The number of carbonyl (C=O) groups excluding carboxylic acids is 1. The molecule has 1 amide bonds. The first-order valence-corrected chi connectivity index (χ1v) is 10.4. The molecule has 0 bridgehead atoms. The minimum atomic E-state index is 0.107. The van der Waals surface area contributed by atoms with Crippen LogP contribution in [0.5, 0.6) is 0 Å². The molecular formula is C21H21BrN4O2. The number of ether oxygens (including phenoxy) is 1. The third kappa shape index (κ3) is 2.93. The Bertz CT molecular complexity index is 1070. The molecule has 0 aliphatic carbocycles. The maximum absolute atomic E-state index is 12.0. The monoisotopic (exact) mass is 440 g/mol. The first-order valence-electron chi connectivity index (χ1n) is 9.60. The summed E-state index contributed by atoms with van der Waals surface area (Å²) in [5.41, 5.74) is 5.35. The summed E-state index contributed by atoms with van der Waals surface area (Å²) in [6, 6.07) is 8.50. The predicted molar refractivity (Wildman–Crippen MR) is 110 cm³/mol. The molecule has 0 saturated carbocycles. The maximum atomic E-state index is 12.0. The fourth-order valence-corrected chi connectivity index (χ4v) is 4.61. The van der Waals surface area contributed by atoms with Crippen LogP contribution in [0.4, 0.5) is 0 Å². The normalized spacial score (nSPS) is 19.2. The number of fused-ring (bicyclic) bond motifs is 2. The third-order valence-electron chi connectivity index (χ3n) is 5.73. The summed E-state index contributed by atoms with van der Waals surface area (Å²) >= 11 is 3.54. The lowest BCUT2D eigenvalue weighted by atomic mass is 9.98. The van der Waals surface area contributed by atoms with Crippen molar-refractivity contribution in [3.05, 3.63) is 46.2 Å². The summed E-state index contributed by atoms with van der Waals surface area (Å²) in [7, 11) is 0. The van der Waals surface area contributed by atoms with Crippen molar-refractivity contribution in [2.24, 2.45) is 0 Å². The molecule has 28 heavy (non-hydrogen) atoms. The van der Waals surface area contributed by atoms with Gasteiger partial charge in [-0.25, -0.2) is 0 Å². The van der Waals surface area contributed by atoms with Gasteiger partial charge in [0.1, 0.15) is 0 Å². The first kappa shape index (κ1) is 17.8. The molecule has 1 aromatic carbocycles. The number of hydrogen-bond donors (Lipinski definition) is 0. The largest absolute Gasteiger partial charge is 0.379 e. The Morgan fingerprint density at radius 3 is 3.04 bits per heavy atom. The van der Waals surface area contributed by atoms with Gasteiger partial charge in [-0.2, -0.15) is 5.10 Å². The quantitative estimate of drug-likeness (QED) is 0.608. The summed E-state index contributed by atoms with van der Waals surface area (Å²) in [5.74, 6) is 0.107. The van der Waals surface area contributed by atoms with E-state index in [9.17, 15) is 4.79 Å². The molecule has 4 heterocycles. The molecule has 0 radical (unpaired) electrons. The molecule has 1 saturated heterocycles. The second-order valence-corrected chi connectivity index (χ2v) is 8.37. The molecule has 7 heteroatoms. The summed E-state index contributed by atoms with van der Waals surface area (Å²) < 4.78 is 8.73. The van der Waals surface area contributed by atoms with Crippen LogP contribution in [0.25, 0.3) is 22.2 Å². The number of hydrogen-bond acceptors (Lipinski definition) is 4. The number of rotatable bonds is 2. The van der Waals surface area contributed by atoms with E-state index < -0.39 is 0 Å². The van der Waals surface area contributed by atoms with E-state index in [2.05, 4.69) is 37.7 Å². The van der Waals surface area contributed by atoms with Crippen LogP contribution in [0.1, 0.15) is 30.6 Å². The Hall–Kier alpha value is -2.25. The smallest absolute Gasteiger partial charge is 0.219 e. The predicted octanol–water partition coefficient (Wildman–Crippen LogP) is 3.73. The van der Waals surface area contributed by atoms with E-state index in [0.717, 1.165) is 58.2 Å². The topological polar surface area (TPSA) is 60.2 Å². The van der Waals surface area contributed by atoms with E-state index in [1.165, 1.54) is 5.69 Å². The highest BCUT2D eigenvalue weighted by Gasteiger charge is 2.31. The number of benzene rings is 1. The molecule has 1 unspecified atom stereocenters. The zero-order valence-corrected chi connectivity index (χ0v) is 17.3. The number of pyridine rings is 1. The molecule has 6 nitrogen and oxygen atoms in total. The van der Waals surface area contributed by atoms with Gasteiger partial charge < -0.3 is 9.64 Å². The van der Waals surface area contributed by atoms with Crippen LogP contribution in [-0.4, -0.2) is 45.3 Å². The van der Waals surface area contributed by atoms with E-state index in [4.69, 9.17) is 9.84 Å². The molecule has 144 valence electrons. The second-order valence-electron chi connectivity index (χ2n) is 7.45. The van der Waals surface area contributed by atoms with Crippen molar-refractivity contribution in [1.82, 2.24) is 19.7 Å². The molecule has 2 aliphatic rings. The summed E-state index contributed by atoms with van der Waals surface area (Å²) in [5, 5.41) is 6.14. The number of aromatic nitrogens is 3. The summed E-state index contributed by atoms with van der Waals surface area (Å²) in [6.07, 6.45) is 3.62. The number of halogens is 1. The lowest BCUT2D eigenvalue weighted by Crippen LogP contribution is -2.35. The number of nitrogens with zero attached hydrogens (tertiary/aromatic N) is 4. The van der Waals surface area contributed by atoms with Crippen LogP contribution in [0.3, 0.4) is 0 Å². The summed E-state index contributed by atoms with van der Waals surface area (Å²) in [4.78, 5) is 18.5. The average Bonchev–Trinajstić information content (AvgIpc) is 3.34. The molecule has 2 aromatic heterocycles. The van der Waals surface area contributed by atoms with E-state index in [-0.39, 0.29) is 11.9 Å².